The molecule has 1 unspecified atom stereocenters. The van der Waals surface area contributed by atoms with Crippen molar-refractivity contribution in [3.8, 4) is 0 Å². The minimum absolute atomic E-state index is 0.0539. The summed E-state index contributed by atoms with van der Waals surface area (Å²) in [5.41, 5.74) is 2.90. The fourth-order valence-corrected chi connectivity index (χ4v) is 4.95. The number of allylic oxidation sites excluding steroid dienone is 2. The molecule has 0 saturated carbocycles. The van der Waals surface area contributed by atoms with E-state index >= 15 is 0 Å². The molecule has 1 fully saturated rings. The van der Waals surface area contributed by atoms with E-state index in [1.54, 1.807) is 4.90 Å². The Kier molecular flexibility index (Phi) is 9.33. The van der Waals surface area contributed by atoms with Crippen molar-refractivity contribution in [2.75, 3.05) is 13.1 Å². The lowest BCUT2D eigenvalue weighted by molar-refractivity contribution is -0.140. The molecule has 7 heteroatoms. The van der Waals surface area contributed by atoms with Crippen molar-refractivity contribution in [2.45, 2.75) is 82.7 Å². The Morgan fingerprint density at radius 2 is 1.68 bits per heavy atom. The number of carbonyl (C=O) groups excluding carboxylic acids is 1. The molecular weight excluding hydrogens is 413 g/mol. The molecule has 1 aromatic rings. The Morgan fingerprint density at radius 1 is 1.00 bits per heavy atom. The van der Waals surface area contributed by atoms with Crippen LogP contribution in [0.4, 0.5) is 0 Å². The molecule has 6 nitrogen and oxygen atoms in total. The van der Waals surface area contributed by atoms with Crippen LogP contribution in [0, 0.1) is 0 Å². The highest BCUT2D eigenvalue weighted by atomic mass is 31.2. The topological polar surface area (TPSA) is 87.1 Å². The summed E-state index contributed by atoms with van der Waals surface area (Å²) in [6.07, 6.45) is 16.0. The van der Waals surface area contributed by atoms with Crippen molar-refractivity contribution >= 4 is 13.7 Å². The van der Waals surface area contributed by atoms with Gasteiger partial charge >= 0.3 is 7.82 Å². The molecule has 1 amide bonds. The summed E-state index contributed by atoms with van der Waals surface area (Å²) in [6.45, 7) is 0.561. The lowest BCUT2D eigenvalue weighted by Crippen LogP contribution is -2.54. The van der Waals surface area contributed by atoms with Crippen LogP contribution in [0.3, 0.4) is 0 Å². The summed E-state index contributed by atoms with van der Waals surface area (Å²) in [5.74, 6) is 0.750. The lowest BCUT2D eigenvalue weighted by Gasteiger charge is -2.38. The van der Waals surface area contributed by atoms with Gasteiger partial charge in [0, 0.05) is 19.5 Å². The number of carbonyl (C=O) groups is 1. The zero-order valence-corrected chi connectivity index (χ0v) is 19.2. The number of phosphoric acid groups is 1. The first-order chi connectivity index (χ1) is 14.9. The average Bonchev–Trinajstić information content (AvgIpc) is 2.72. The maximum absolute atomic E-state index is 12.0. The molecule has 3 rings (SSSR count). The predicted octanol–water partition coefficient (Wildman–Crippen LogP) is 5.10. The molecule has 172 valence electrons. The van der Waals surface area contributed by atoms with E-state index in [9.17, 15) is 9.36 Å². The highest BCUT2D eigenvalue weighted by Gasteiger charge is 2.35. The zero-order chi connectivity index (χ0) is 22.1. The normalized spacial score (nSPS) is 19.4. The molecule has 31 heavy (non-hydrogen) atoms. The van der Waals surface area contributed by atoms with Gasteiger partial charge in [0.1, 0.15) is 6.10 Å². The van der Waals surface area contributed by atoms with Gasteiger partial charge in [0.05, 0.1) is 0 Å². The number of unbranched alkanes of at least 4 members (excludes halogenated alkanes) is 5. The Bertz CT molecular complexity index is 767. The molecule has 0 radical (unpaired) electrons. The molecule has 2 N–H and O–H groups in total. The summed E-state index contributed by atoms with van der Waals surface area (Å²) in [6, 6.07) is 9.22. The third-order valence-electron chi connectivity index (χ3n) is 6.31. The standard InChI is InChI=1S/C24H36NO5P/c26-24(25-18-23(19-25)30-31(27,28)29)13-9-4-2-1-3-6-10-20-14-16-22(17-15-20)21-11-7-5-8-12-21/h5,7,14-17,21,23H,1-4,6,8-13,18-19H2,(H2,27,28,29). The second-order valence-corrected chi connectivity index (χ2v) is 10.1. The monoisotopic (exact) mass is 449 g/mol. The van der Waals surface area contributed by atoms with Crippen LogP contribution in [0.15, 0.2) is 36.4 Å². The zero-order valence-electron chi connectivity index (χ0n) is 18.3. The smallest absolute Gasteiger partial charge is 0.337 e. The van der Waals surface area contributed by atoms with Crippen molar-refractivity contribution in [1.82, 2.24) is 4.90 Å². The number of rotatable bonds is 12. The number of likely N-dealkylation sites (tertiary alicyclic amines) is 1. The van der Waals surface area contributed by atoms with Crippen molar-refractivity contribution in [2.24, 2.45) is 0 Å². The first-order valence-corrected chi connectivity index (χ1v) is 13.2. The Morgan fingerprint density at radius 3 is 2.32 bits per heavy atom. The van der Waals surface area contributed by atoms with E-state index in [2.05, 4.69) is 40.9 Å². The van der Waals surface area contributed by atoms with Crippen LogP contribution in [0.1, 0.15) is 81.3 Å². The fraction of sp³-hybridized carbons (Fsp3) is 0.625. The minimum atomic E-state index is -4.45. The van der Waals surface area contributed by atoms with E-state index < -0.39 is 13.9 Å². The van der Waals surface area contributed by atoms with Gasteiger partial charge in [-0.25, -0.2) is 4.57 Å². The van der Waals surface area contributed by atoms with E-state index in [0.29, 0.717) is 12.3 Å². The van der Waals surface area contributed by atoms with Gasteiger partial charge in [0.2, 0.25) is 5.91 Å². The summed E-state index contributed by atoms with van der Waals surface area (Å²) >= 11 is 0. The molecule has 1 heterocycles. The molecule has 1 saturated heterocycles. The Hall–Kier alpha value is -1.46. The maximum Gasteiger partial charge on any atom is 0.469 e. The van der Waals surface area contributed by atoms with Gasteiger partial charge in [-0.3, -0.25) is 9.32 Å². The maximum atomic E-state index is 12.0. The first-order valence-electron chi connectivity index (χ1n) is 11.7. The highest BCUT2D eigenvalue weighted by Crippen LogP contribution is 2.39. The number of amides is 1. The van der Waals surface area contributed by atoms with E-state index in [1.165, 1.54) is 49.7 Å². The van der Waals surface area contributed by atoms with Crippen LogP contribution in [0.25, 0.3) is 0 Å². The number of benzene rings is 1. The number of phosphoric ester groups is 1. The largest absolute Gasteiger partial charge is 0.469 e. The van der Waals surface area contributed by atoms with Crippen LogP contribution >= 0.6 is 7.82 Å². The van der Waals surface area contributed by atoms with E-state index in [-0.39, 0.29) is 19.0 Å². The minimum Gasteiger partial charge on any atom is -0.337 e. The average molecular weight is 450 g/mol. The van der Waals surface area contributed by atoms with Crippen molar-refractivity contribution in [3.05, 3.63) is 47.5 Å². The van der Waals surface area contributed by atoms with Gasteiger partial charge in [-0.2, -0.15) is 0 Å². The Labute approximate surface area is 185 Å². The molecule has 0 aromatic heterocycles. The lowest BCUT2D eigenvalue weighted by atomic mass is 9.87. The summed E-state index contributed by atoms with van der Waals surface area (Å²) in [7, 11) is -4.45. The quantitative estimate of drug-likeness (QED) is 0.263. The van der Waals surface area contributed by atoms with Gasteiger partial charge in [0.25, 0.3) is 0 Å². The summed E-state index contributed by atoms with van der Waals surface area (Å²) in [4.78, 5) is 31.1. The predicted molar refractivity (Wildman–Crippen MR) is 122 cm³/mol. The molecule has 0 bridgehead atoms. The molecule has 0 spiro atoms. The van der Waals surface area contributed by atoms with Crippen LogP contribution in [0.5, 0.6) is 0 Å². The SMILES string of the molecule is O=C(CCCCCCCCc1ccc(C2CC=CCC2)cc1)N1CC(OP(=O)(O)O)C1. The third kappa shape index (κ3) is 8.53. The Balaban J connectivity index is 1.17. The van der Waals surface area contributed by atoms with Gasteiger partial charge < -0.3 is 14.7 Å². The molecule has 2 aliphatic rings. The molecule has 1 aliphatic carbocycles. The van der Waals surface area contributed by atoms with Gasteiger partial charge in [-0.15, -0.1) is 0 Å². The molecule has 1 aromatic carbocycles. The summed E-state index contributed by atoms with van der Waals surface area (Å²) < 4.78 is 15.3. The highest BCUT2D eigenvalue weighted by molar-refractivity contribution is 7.46. The number of hydrogen-bond donors (Lipinski definition) is 2. The molecular formula is C24H36NO5P. The van der Waals surface area contributed by atoms with Gasteiger partial charge in [-0.05, 0) is 55.6 Å². The van der Waals surface area contributed by atoms with Gasteiger partial charge in [0.15, 0.2) is 0 Å². The fourth-order valence-electron chi connectivity index (χ4n) is 4.43. The van der Waals surface area contributed by atoms with Crippen LogP contribution in [-0.4, -0.2) is 39.8 Å². The second kappa shape index (κ2) is 12.0. The van der Waals surface area contributed by atoms with Crippen LogP contribution in [-0.2, 0) is 20.3 Å². The summed E-state index contributed by atoms with van der Waals surface area (Å²) in [5, 5.41) is 0. The van der Waals surface area contributed by atoms with Crippen LogP contribution < -0.4 is 0 Å². The van der Waals surface area contributed by atoms with Crippen molar-refractivity contribution < 1.29 is 23.7 Å². The number of hydrogen-bond acceptors (Lipinski definition) is 3. The number of nitrogens with zero attached hydrogens (tertiary/aromatic N) is 1. The van der Waals surface area contributed by atoms with Crippen molar-refractivity contribution in [1.29, 1.82) is 0 Å². The van der Waals surface area contributed by atoms with Crippen molar-refractivity contribution in [3.63, 3.8) is 0 Å². The third-order valence-corrected chi connectivity index (χ3v) is 6.89. The first kappa shape index (κ1) is 24.2. The van der Waals surface area contributed by atoms with E-state index in [0.717, 1.165) is 25.7 Å². The van der Waals surface area contributed by atoms with E-state index in [4.69, 9.17) is 9.79 Å². The van der Waals surface area contributed by atoms with Crippen LogP contribution in [0.2, 0.25) is 0 Å². The molecule has 1 atom stereocenters. The number of aryl methyl sites for hydroxylation is 1. The molecule has 1 aliphatic heterocycles. The van der Waals surface area contributed by atoms with Gasteiger partial charge in [-0.1, -0.05) is 62.1 Å². The second-order valence-electron chi connectivity index (χ2n) is 8.86. The van der Waals surface area contributed by atoms with E-state index in [1.807, 2.05) is 0 Å².